The third-order valence-electron chi connectivity index (χ3n) is 6.25. The van der Waals surface area contributed by atoms with Crippen molar-refractivity contribution in [2.24, 2.45) is 0 Å². The average molecular weight is 444 g/mol. The molecule has 178 valence electrons. The summed E-state index contributed by atoms with van der Waals surface area (Å²) in [6.07, 6.45) is 4.64. The monoisotopic (exact) mass is 443 g/mol. The van der Waals surface area contributed by atoms with E-state index in [-0.39, 0.29) is 11.4 Å². The van der Waals surface area contributed by atoms with E-state index in [4.69, 9.17) is 9.47 Å². The van der Waals surface area contributed by atoms with Crippen molar-refractivity contribution in [2.75, 3.05) is 40.4 Å². The minimum atomic E-state index is 0.0956. The van der Waals surface area contributed by atoms with Crippen molar-refractivity contribution in [1.82, 2.24) is 15.1 Å². The third-order valence-corrected chi connectivity index (χ3v) is 6.25. The Kier molecular flexibility index (Phi) is 9.79. The molecule has 0 radical (unpaired) electrons. The summed E-state index contributed by atoms with van der Waals surface area (Å²) < 4.78 is 10.7. The highest BCUT2D eigenvalue weighted by Crippen LogP contribution is 2.28. The van der Waals surface area contributed by atoms with Gasteiger partial charge in [0.1, 0.15) is 0 Å². The summed E-state index contributed by atoms with van der Waals surface area (Å²) >= 11 is 0. The number of likely N-dealkylation sites (tertiary alicyclic amines) is 1. The molecule has 0 atom stereocenters. The van der Waals surface area contributed by atoms with Crippen molar-refractivity contribution >= 4 is 5.91 Å². The van der Waals surface area contributed by atoms with Crippen LogP contribution in [0.1, 0.15) is 52.5 Å². The zero-order chi connectivity index (χ0) is 23.7. The van der Waals surface area contributed by atoms with Gasteiger partial charge in [-0.1, -0.05) is 25.1 Å². The van der Waals surface area contributed by atoms with Crippen molar-refractivity contribution < 1.29 is 14.3 Å². The maximum absolute atomic E-state index is 12.4. The maximum atomic E-state index is 12.4. The molecule has 0 aromatic heterocycles. The Hall–Kier alpha value is -2.31. The van der Waals surface area contributed by atoms with Crippen LogP contribution in [0.25, 0.3) is 0 Å². The number of ether oxygens (including phenoxy) is 2. The minimum Gasteiger partial charge on any atom is -0.493 e. The SMILES string of the molecule is C=C(C)/C=C(\C)N(CCN1CCC(C)(NCc2ccc(OC)c(OC)c2)CC1)C(=O)CC. The molecule has 1 aliphatic heterocycles. The number of piperidine rings is 1. The van der Waals surface area contributed by atoms with E-state index in [2.05, 4.69) is 29.8 Å². The lowest BCUT2D eigenvalue weighted by molar-refractivity contribution is -0.129. The van der Waals surface area contributed by atoms with Gasteiger partial charge in [0.05, 0.1) is 14.2 Å². The number of carbonyl (C=O) groups excluding carboxylic acids is 1. The van der Waals surface area contributed by atoms with Crippen LogP contribution in [-0.2, 0) is 11.3 Å². The van der Waals surface area contributed by atoms with Gasteiger partial charge < -0.3 is 24.6 Å². The highest BCUT2D eigenvalue weighted by molar-refractivity contribution is 5.77. The second kappa shape index (κ2) is 12.1. The Morgan fingerprint density at radius 2 is 1.88 bits per heavy atom. The topological polar surface area (TPSA) is 54.0 Å². The molecule has 0 saturated carbocycles. The quantitative estimate of drug-likeness (QED) is 0.515. The number of benzene rings is 1. The molecule has 6 nitrogen and oxygen atoms in total. The molecular weight excluding hydrogens is 402 g/mol. The average Bonchev–Trinajstić information content (AvgIpc) is 2.78. The van der Waals surface area contributed by atoms with E-state index in [9.17, 15) is 4.79 Å². The molecule has 0 spiro atoms. The fourth-order valence-electron chi connectivity index (χ4n) is 4.12. The number of nitrogens with zero attached hydrogens (tertiary/aromatic N) is 2. The first-order valence-electron chi connectivity index (χ1n) is 11.5. The van der Waals surface area contributed by atoms with E-state index in [0.29, 0.717) is 6.42 Å². The van der Waals surface area contributed by atoms with Gasteiger partial charge in [-0.3, -0.25) is 4.79 Å². The number of methoxy groups -OCH3 is 2. The maximum Gasteiger partial charge on any atom is 0.226 e. The normalized spacial score (nSPS) is 16.5. The van der Waals surface area contributed by atoms with E-state index in [1.165, 1.54) is 5.56 Å². The fourth-order valence-corrected chi connectivity index (χ4v) is 4.12. The molecular formula is C26H41N3O3. The first-order valence-corrected chi connectivity index (χ1v) is 11.5. The molecule has 32 heavy (non-hydrogen) atoms. The van der Waals surface area contributed by atoms with Gasteiger partial charge in [-0.15, -0.1) is 0 Å². The molecule has 0 bridgehead atoms. The summed E-state index contributed by atoms with van der Waals surface area (Å²) in [7, 11) is 3.32. The number of hydrogen-bond acceptors (Lipinski definition) is 5. The molecule has 0 aliphatic carbocycles. The number of allylic oxidation sites excluding steroid dienone is 3. The van der Waals surface area contributed by atoms with E-state index in [1.807, 2.05) is 43.9 Å². The van der Waals surface area contributed by atoms with Crippen molar-refractivity contribution in [3.8, 4) is 11.5 Å². The number of amides is 1. The summed E-state index contributed by atoms with van der Waals surface area (Å²) in [4.78, 5) is 16.8. The smallest absolute Gasteiger partial charge is 0.226 e. The number of nitrogens with one attached hydrogen (secondary N) is 1. The molecule has 1 aliphatic rings. The first kappa shape index (κ1) is 25.9. The fraction of sp³-hybridized carbons (Fsp3) is 0.577. The van der Waals surface area contributed by atoms with Gasteiger partial charge in [0.25, 0.3) is 0 Å². The summed E-state index contributed by atoms with van der Waals surface area (Å²) in [6, 6.07) is 6.06. The van der Waals surface area contributed by atoms with Gasteiger partial charge >= 0.3 is 0 Å². The summed E-state index contributed by atoms with van der Waals surface area (Å²) in [5, 5.41) is 3.75. The second-order valence-electron chi connectivity index (χ2n) is 8.98. The predicted octanol–water partition coefficient (Wildman–Crippen LogP) is 4.37. The van der Waals surface area contributed by atoms with Gasteiger partial charge in [0, 0.05) is 37.3 Å². The minimum absolute atomic E-state index is 0.0956. The van der Waals surface area contributed by atoms with Crippen LogP contribution in [-0.4, -0.2) is 61.6 Å². The molecule has 1 aromatic carbocycles. The van der Waals surface area contributed by atoms with Crippen LogP contribution in [0.4, 0.5) is 0 Å². The van der Waals surface area contributed by atoms with Crippen LogP contribution in [0, 0.1) is 0 Å². The summed E-state index contributed by atoms with van der Waals surface area (Å²) in [5.41, 5.74) is 3.21. The van der Waals surface area contributed by atoms with E-state index >= 15 is 0 Å². The van der Waals surface area contributed by atoms with Crippen LogP contribution in [0.15, 0.2) is 42.1 Å². The molecule has 0 unspecified atom stereocenters. The number of carbonyl (C=O) groups is 1. The molecule has 1 fully saturated rings. The Morgan fingerprint density at radius 3 is 2.44 bits per heavy atom. The highest BCUT2D eigenvalue weighted by Gasteiger charge is 2.29. The molecule has 6 heteroatoms. The van der Waals surface area contributed by atoms with E-state index in [1.54, 1.807) is 14.2 Å². The van der Waals surface area contributed by atoms with Crippen molar-refractivity contribution in [3.05, 3.63) is 47.7 Å². The highest BCUT2D eigenvalue weighted by atomic mass is 16.5. The zero-order valence-electron chi connectivity index (χ0n) is 20.8. The number of rotatable bonds is 11. The van der Waals surface area contributed by atoms with Crippen molar-refractivity contribution in [1.29, 1.82) is 0 Å². The van der Waals surface area contributed by atoms with Gasteiger partial charge in [-0.25, -0.2) is 0 Å². The molecule has 1 amide bonds. The Bertz CT molecular complexity index is 811. The van der Waals surface area contributed by atoms with Crippen LogP contribution in [0.5, 0.6) is 11.5 Å². The van der Waals surface area contributed by atoms with Crippen molar-refractivity contribution in [3.63, 3.8) is 0 Å². The zero-order valence-corrected chi connectivity index (χ0v) is 20.8. The van der Waals surface area contributed by atoms with Gasteiger partial charge in [0.15, 0.2) is 11.5 Å². The van der Waals surface area contributed by atoms with Gasteiger partial charge in [0.2, 0.25) is 5.91 Å². The van der Waals surface area contributed by atoms with E-state index in [0.717, 1.165) is 68.3 Å². The van der Waals surface area contributed by atoms with Gasteiger partial charge in [-0.2, -0.15) is 0 Å². The first-order chi connectivity index (χ1) is 15.2. The predicted molar refractivity (Wildman–Crippen MR) is 131 cm³/mol. The Labute approximate surface area is 194 Å². The lowest BCUT2D eigenvalue weighted by Crippen LogP contribution is -2.52. The van der Waals surface area contributed by atoms with Crippen molar-refractivity contribution in [2.45, 2.75) is 59.0 Å². The van der Waals surface area contributed by atoms with Crippen LogP contribution < -0.4 is 14.8 Å². The lowest BCUT2D eigenvalue weighted by Gasteiger charge is -2.41. The Morgan fingerprint density at radius 1 is 1.22 bits per heavy atom. The summed E-state index contributed by atoms with van der Waals surface area (Å²) in [5.74, 6) is 1.67. The summed E-state index contributed by atoms with van der Waals surface area (Å²) in [6.45, 7) is 16.6. The standard InChI is InChI=1S/C26H41N3O3/c1-8-25(30)29(21(4)17-20(2)3)16-15-28-13-11-26(5,12-14-28)27-19-22-9-10-23(31-6)24(18-22)32-7/h9-10,17-18,27H,2,8,11-16,19H2,1,3-7H3/b21-17+. The molecule has 1 N–H and O–H groups in total. The van der Waals surface area contributed by atoms with Gasteiger partial charge in [-0.05, 0) is 70.5 Å². The van der Waals surface area contributed by atoms with Crippen LogP contribution in [0.2, 0.25) is 0 Å². The third kappa shape index (κ3) is 7.38. The number of hydrogen-bond donors (Lipinski definition) is 1. The van der Waals surface area contributed by atoms with Crippen LogP contribution in [0.3, 0.4) is 0 Å². The largest absolute Gasteiger partial charge is 0.493 e. The molecule has 1 aromatic rings. The molecule has 1 saturated heterocycles. The Balaban J connectivity index is 1.87. The molecule has 2 rings (SSSR count). The second-order valence-corrected chi connectivity index (χ2v) is 8.98. The van der Waals surface area contributed by atoms with Crippen LogP contribution >= 0.6 is 0 Å². The van der Waals surface area contributed by atoms with E-state index < -0.39 is 0 Å². The molecule has 1 heterocycles. The lowest BCUT2D eigenvalue weighted by atomic mass is 9.89.